The highest BCUT2D eigenvalue weighted by molar-refractivity contribution is 5.88. The molecule has 1 aromatic carbocycles. The first-order valence-electron chi connectivity index (χ1n) is 5.74. The lowest BCUT2D eigenvalue weighted by Crippen LogP contribution is -2.19. The molecule has 0 spiro atoms. The largest absolute Gasteiger partial charge is 0.326 e. The van der Waals surface area contributed by atoms with Gasteiger partial charge in [-0.05, 0) is 37.6 Å². The Kier molecular flexibility index (Phi) is 4.99. The maximum Gasteiger partial charge on any atom is 0.221 e. The van der Waals surface area contributed by atoms with Crippen molar-refractivity contribution in [1.29, 1.82) is 0 Å². The number of amides is 1. The molecule has 0 saturated heterocycles. The Labute approximate surface area is 97.2 Å². The van der Waals surface area contributed by atoms with Gasteiger partial charge in [-0.1, -0.05) is 19.1 Å². The zero-order valence-corrected chi connectivity index (χ0v) is 10.2. The van der Waals surface area contributed by atoms with Crippen LogP contribution in [-0.4, -0.2) is 12.5 Å². The molecule has 1 aromatic rings. The summed E-state index contributed by atoms with van der Waals surface area (Å²) in [5.74, 6) is -0.0358. The fourth-order valence-corrected chi connectivity index (χ4v) is 1.57. The van der Waals surface area contributed by atoms with Crippen LogP contribution in [0.15, 0.2) is 24.3 Å². The molecule has 0 aliphatic rings. The third kappa shape index (κ3) is 4.03. The van der Waals surface area contributed by atoms with Gasteiger partial charge in [-0.15, -0.1) is 0 Å². The van der Waals surface area contributed by atoms with E-state index in [0.29, 0.717) is 6.04 Å². The van der Waals surface area contributed by atoms with Crippen LogP contribution in [0.2, 0.25) is 0 Å². The van der Waals surface area contributed by atoms with E-state index in [1.807, 2.05) is 18.2 Å². The predicted octanol–water partition coefficient (Wildman–Crippen LogP) is 2.71. The monoisotopic (exact) mass is 220 g/mol. The number of carbonyl (C=O) groups is 1. The van der Waals surface area contributed by atoms with E-state index >= 15 is 0 Å². The van der Waals surface area contributed by atoms with Crippen molar-refractivity contribution >= 4 is 11.6 Å². The minimum Gasteiger partial charge on any atom is -0.326 e. The van der Waals surface area contributed by atoms with Crippen LogP contribution in [0.4, 0.5) is 5.69 Å². The second-order valence-electron chi connectivity index (χ2n) is 3.98. The Bertz CT molecular complexity index is 350. The lowest BCUT2D eigenvalue weighted by atomic mass is 10.1. The Hall–Kier alpha value is -1.35. The average Bonchev–Trinajstić information content (AvgIpc) is 2.25. The highest BCUT2D eigenvalue weighted by Crippen LogP contribution is 2.17. The van der Waals surface area contributed by atoms with Gasteiger partial charge in [0.05, 0.1) is 0 Å². The van der Waals surface area contributed by atoms with Crippen LogP contribution in [0.3, 0.4) is 0 Å². The Morgan fingerprint density at radius 3 is 2.81 bits per heavy atom. The summed E-state index contributed by atoms with van der Waals surface area (Å²) >= 11 is 0. The third-order valence-corrected chi connectivity index (χ3v) is 2.41. The lowest BCUT2D eigenvalue weighted by Gasteiger charge is -2.14. The van der Waals surface area contributed by atoms with Crippen molar-refractivity contribution in [2.24, 2.45) is 0 Å². The van der Waals surface area contributed by atoms with Gasteiger partial charge in [0.15, 0.2) is 0 Å². The molecule has 1 atom stereocenters. The van der Waals surface area contributed by atoms with Gasteiger partial charge in [0.25, 0.3) is 0 Å². The summed E-state index contributed by atoms with van der Waals surface area (Å²) < 4.78 is 0. The van der Waals surface area contributed by atoms with Crippen molar-refractivity contribution in [2.45, 2.75) is 33.2 Å². The summed E-state index contributed by atoms with van der Waals surface area (Å²) in [5, 5.41) is 6.21. The van der Waals surface area contributed by atoms with Crippen LogP contribution in [0.1, 0.15) is 38.8 Å². The molecule has 88 valence electrons. The van der Waals surface area contributed by atoms with Crippen LogP contribution >= 0.6 is 0 Å². The molecule has 3 nitrogen and oxygen atoms in total. The average molecular weight is 220 g/mol. The van der Waals surface area contributed by atoms with E-state index < -0.39 is 0 Å². The fourth-order valence-electron chi connectivity index (χ4n) is 1.57. The lowest BCUT2D eigenvalue weighted by molar-refractivity contribution is -0.114. The van der Waals surface area contributed by atoms with Gasteiger partial charge in [0, 0.05) is 18.7 Å². The molecule has 0 fully saturated rings. The summed E-state index contributed by atoms with van der Waals surface area (Å²) in [5.41, 5.74) is 2.05. The molecular weight excluding hydrogens is 200 g/mol. The van der Waals surface area contributed by atoms with Gasteiger partial charge in [-0.3, -0.25) is 4.79 Å². The normalized spacial score (nSPS) is 12.2. The third-order valence-electron chi connectivity index (χ3n) is 2.41. The van der Waals surface area contributed by atoms with Crippen molar-refractivity contribution in [2.75, 3.05) is 11.9 Å². The number of hydrogen-bond acceptors (Lipinski definition) is 2. The molecule has 1 rings (SSSR count). The van der Waals surface area contributed by atoms with E-state index in [2.05, 4.69) is 30.5 Å². The second-order valence-corrected chi connectivity index (χ2v) is 3.98. The van der Waals surface area contributed by atoms with E-state index in [9.17, 15) is 4.79 Å². The highest BCUT2D eigenvalue weighted by atomic mass is 16.1. The molecule has 0 aromatic heterocycles. The highest BCUT2D eigenvalue weighted by Gasteiger charge is 2.04. The number of rotatable bonds is 5. The molecule has 3 heteroatoms. The number of nitrogens with one attached hydrogen (secondary N) is 2. The summed E-state index contributed by atoms with van der Waals surface area (Å²) in [6.45, 7) is 6.80. The first-order chi connectivity index (χ1) is 7.63. The Balaban J connectivity index is 2.69. The number of hydrogen-bond donors (Lipinski definition) is 2. The zero-order valence-electron chi connectivity index (χ0n) is 10.2. The van der Waals surface area contributed by atoms with E-state index in [1.165, 1.54) is 12.5 Å². The van der Waals surface area contributed by atoms with Gasteiger partial charge < -0.3 is 10.6 Å². The molecule has 1 unspecified atom stereocenters. The Morgan fingerprint density at radius 2 is 2.19 bits per heavy atom. The molecule has 0 aliphatic carbocycles. The number of carbonyl (C=O) groups excluding carboxylic acids is 1. The van der Waals surface area contributed by atoms with Crippen molar-refractivity contribution in [3.8, 4) is 0 Å². The van der Waals surface area contributed by atoms with E-state index in [1.54, 1.807) is 0 Å². The molecule has 16 heavy (non-hydrogen) atoms. The van der Waals surface area contributed by atoms with Crippen LogP contribution in [0, 0.1) is 0 Å². The number of benzene rings is 1. The first-order valence-corrected chi connectivity index (χ1v) is 5.74. The van der Waals surface area contributed by atoms with Crippen LogP contribution in [0.25, 0.3) is 0 Å². The summed E-state index contributed by atoms with van der Waals surface area (Å²) in [6.07, 6.45) is 1.12. The topological polar surface area (TPSA) is 41.1 Å². The quantitative estimate of drug-likeness (QED) is 0.801. The van der Waals surface area contributed by atoms with Gasteiger partial charge >= 0.3 is 0 Å². The Morgan fingerprint density at radius 1 is 1.44 bits per heavy atom. The van der Waals surface area contributed by atoms with Crippen molar-refractivity contribution in [3.05, 3.63) is 29.8 Å². The molecule has 0 aliphatic heterocycles. The smallest absolute Gasteiger partial charge is 0.221 e. The van der Waals surface area contributed by atoms with E-state index in [0.717, 1.165) is 18.7 Å². The molecule has 2 N–H and O–H groups in total. The number of anilines is 1. The molecule has 1 amide bonds. The minimum atomic E-state index is -0.0358. The van der Waals surface area contributed by atoms with Crippen LogP contribution in [0.5, 0.6) is 0 Å². The van der Waals surface area contributed by atoms with E-state index in [-0.39, 0.29) is 5.91 Å². The van der Waals surface area contributed by atoms with Crippen LogP contribution in [-0.2, 0) is 4.79 Å². The first kappa shape index (κ1) is 12.7. The van der Waals surface area contributed by atoms with Crippen molar-refractivity contribution < 1.29 is 4.79 Å². The zero-order chi connectivity index (χ0) is 12.0. The minimum absolute atomic E-state index is 0.0358. The van der Waals surface area contributed by atoms with Crippen LogP contribution < -0.4 is 10.6 Å². The fraction of sp³-hybridized carbons (Fsp3) is 0.462. The van der Waals surface area contributed by atoms with Gasteiger partial charge in [-0.25, -0.2) is 0 Å². The van der Waals surface area contributed by atoms with Crippen molar-refractivity contribution in [3.63, 3.8) is 0 Å². The maximum atomic E-state index is 10.9. The molecule has 0 heterocycles. The summed E-state index contributed by atoms with van der Waals surface area (Å²) in [4.78, 5) is 10.9. The molecular formula is C13H20N2O. The molecule has 0 saturated carbocycles. The van der Waals surface area contributed by atoms with Gasteiger partial charge in [0.2, 0.25) is 5.91 Å². The maximum absolute atomic E-state index is 10.9. The second kappa shape index (κ2) is 6.28. The SMILES string of the molecule is CCCNC(C)c1cccc(NC(C)=O)c1. The van der Waals surface area contributed by atoms with Gasteiger partial charge in [0.1, 0.15) is 0 Å². The summed E-state index contributed by atoms with van der Waals surface area (Å²) in [7, 11) is 0. The molecule has 0 radical (unpaired) electrons. The summed E-state index contributed by atoms with van der Waals surface area (Å²) in [6, 6.07) is 8.25. The van der Waals surface area contributed by atoms with E-state index in [4.69, 9.17) is 0 Å². The predicted molar refractivity (Wildman–Crippen MR) is 67.5 cm³/mol. The molecule has 0 bridgehead atoms. The standard InChI is InChI=1S/C13H20N2O/c1-4-8-14-10(2)12-6-5-7-13(9-12)15-11(3)16/h5-7,9-10,14H,4,8H2,1-3H3,(H,15,16). The van der Waals surface area contributed by atoms with Crippen molar-refractivity contribution in [1.82, 2.24) is 5.32 Å². The van der Waals surface area contributed by atoms with Gasteiger partial charge in [-0.2, -0.15) is 0 Å².